The Labute approximate surface area is 108 Å². The number of thioether (sulfide) groups is 2. The number of aliphatic carboxylic acids is 1. The van der Waals surface area contributed by atoms with Crippen molar-refractivity contribution >= 4 is 35.4 Å². The number of fused-ring (bicyclic) bond motifs is 1. The van der Waals surface area contributed by atoms with Gasteiger partial charge in [-0.1, -0.05) is 0 Å². The molecule has 0 aliphatic carbocycles. The van der Waals surface area contributed by atoms with Crippen LogP contribution in [0.2, 0.25) is 0 Å². The van der Waals surface area contributed by atoms with Crippen LogP contribution in [0.5, 0.6) is 0 Å². The molecule has 2 aliphatic rings. The lowest BCUT2D eigenvalue weighted by Crippen LogP contribution is -2.48. The third-order valence-electron chi connectivity index (χ3n) is 2.82. The number of hydrogen-bond acceptors (Lipinski definition) is 5. The van der Waals surface area contributed by atoms with Gasteiger partial charge in [0.25, 0.3) is 0 Å². The van der Waals surface area contributed by atoms with Crippen LogP contribution >= 0.6 is 23.5 Å². The molecule has 94 valence electrons. The number of carbonyl (C=O) groups is 2. The second-order valence-corrected chi connectivity index (χ2v) is 6.15. The zero-order chi connectivity index (χ0) is 12.6. The van der Waals surface area contributed by atoms with Crippen molar-refractivity contribution in [3.8, 4) is 0 Å². The summed E-state index contributed by atoms with van der Waals surface area (Å²) in [6.45, 7) is 0. The summed E-state index contributed by atoms with van der Waals surface area (Å²) in [6.07, 6.45) is 3.13. The third-order valence-corrected chi connectivity index (χ3v) is 4.86. The number of carboxylic acid groups (broad SMARTS) is 1. The van der Waals surface area contributed by atoms with Crippen LogP contribution in [0, 0.1) is 0 Å². The van der Waals surface area contributed by atoms with E-state index in [1.54, 1.807) is 11.8 Å². The fourth-order valence-corrected chi connectivity index (χ4v) is 3.85. The molecule has 2 atom stereocenters. The molecule has 7 heteroatoms. The van der Waals surface area contributed by atoms with E-state index >= 15 is 0 Å². The van der Waals surface area contributed by atoms with Crippen LogP contribution in [0.15, 0.2) is 10.6 Å². The van der Waals surface area contributed by atoms with E-state index in [0.29, 0.717) is 11.3 Å². The van der Waals surface area contributed by atoms with Crippen molar-refractivity contribution in [3.05, 3.63) is 10.6 Å². The lowest BCUT2D eigenvalue weighted by molar-refractivity contribution is -0.145. The lowest BCUT2D eigenvalue weighted by Gasteiger charge is -2.33. The molecular weight excluding hydrogens is 260 g/mol. The van der Waals surface area contributed by atoms with Gasteiger partial charge in [-0.3, -0.25) is 9.69 Å². The predicted molar refractivity (Wildman–Crippen MR) is 68.5 cm³/mol. The summed E-state index contributed by atoms with van der Waals surface area (Å²) in [5.41, 5.74) is 6.10. The topological polar surface area (TPSA) is 83.6 Å². The van der Waals surface area contributed by atoms with Crippen LogP contribution in [0.1, 0.15) is 12.8 Å². The molecule has 0 bridgehead atoms. The van der Waals surface area contributed by atoms with Gasteiger partial charge >= 0.3 is 5.97 Å². The van der Waals surface area contributed by atoms with E-state index < -0.39 is 5.97 Å². The fraction of sp³-hybridized carbons (Fsp3) is 0.600. The molecule has 2 heterocycles. The number of amides is 1. The molecule has 3 N–H and O–H groups in total. The zero-order valence-electron chi connectivity index (χ0n) is 9.38. The molecule has 1 unspecified atom stereocenters. The standard InChI is InChI=1S/C10H14N2O3S2/c1-16-3-2-5(11)9-8(10(14)15)12-6(13)4-7(12)17-9/h5,7H,2-4,11H2,1H3,(H,14,15)/t5?,7-/m0/s1. The van der Waals surface area contributed by atoms with Crippen molar-refractivity contribution in [2.24, 2.45) is 5.73 Å². The Morgan fingerprint density at radius 3 is 3.00 bits per heavy atom. The van der Waals surface area contributed by atoms with Gasteiger partial charge in [-0.25, -0.2) is 4.79 Å². The van der Waals surface area contributed by atoms with E-state index in [1.807, 2.05) is 6.26 Å². The zero-order valence-corrected chi connectivity index (χ0v) is 11.0. The van der Waals surface area contributed by atoms with Gasteiger partial charge in [0.1, 0.15) is 5.70 Å². The maximum absolute atomic E-state index is 11.4. The van der Waals surface area contributed by atoms with Crippen LogP contribution in [0.25, 0.3) is 0 Å². The van der Waals surface area contributed by atoms with Crippen LogP contribution < -0.4 is 5.73 Å². The maximum Gasteiger partial charge on any atom is 0.353 e. The first-order valence-corrected chi connectivity index (χ1v) is 7.54. The van der Waals surface area contributed by atoms with Crippen molar-refractivity contribution < 1.29 is 14.7 Å². The minimum Gasteiger partial charge on any atom is -0.477 e. The highest BCUT2D eigenvalue weighted by Gasteiger charge is 2.49. The van der Waals surface area contributed by atoms with Gasteiger partial charge in [-0.15, -0.1) is 11.8 Å². The summed E-state index contributed by atoms with van der Waals surface area (Å²) in [5, 5.41) is 9.13. The highest BCUT2D eigenvalue weighted by molar-refractivity contribution is 8.04. The molecule has 0 radical (unpaired) electrons. The van der Waals surface area contributed by atoms with Gasteiger partial charge < -0.3 is 10.8 Å². The smallest absolute Gasteiger partial charge is 0.353 e. The van der Waals surface area contributed by atoms with Gasteiger partial charge in [0.05, 0.1) is 11.8 Å². The average Bonchev–Trinajstić information content (AvgIpc) is 2.59. The van der Waals surface area contributed by atoms with Crippen LogP contribution in [0.4, 0.5) is 0 Å². The Balaban J connectivity index is 2.19. The molecule has 2 rings (SSSR count). The molecule has 0 aromatic rings. The summed E-state index contributed by atoms with van der Waals surface area (Å²) < 4.78 is 0. The lowest BCUT2D eigenvalue weighted by atomic mass is 10.1. The van der Waals surface area contributed by atoms with Crippen molar-refractivity contribution in [2.75, 3.05) is 12.0 Å². The van der Waals surface area contributed by atoms with E-state index in [1.165, 1.54) is 16.7 Å². The maximum atomic E-state index is 11.4. The van der Waals surface area contributed by atoms with Crippen LogP contribution in [-0.2, 0) is 9.59 Å². The van der Waals surface area contributed by atoms with Crippen molar-refractivity contribution in [2.45, 2.75) is 24.3 Å². The molecule has 0 aromatic carbocycles. The quantitative estimate of drug-likeness (QED) is 0.717. The largest absolute Gasteiger partial charge is 0.477 e. The van der Waals surface area contributed by atoms with E-state index in [9.17, 15) is 14.7 Å². The monoisotopic (exact) mass is 274 g/mol. The third kappa shape index (κ3) is 2.19. The first-order chi connectivity index (χ1) is 8.06. The highest BCUT2D eigenvalue weighted by Crippen LogP contribution is 2.47. The van der Waals surface area contributed by atoms with E-state index in [2.05, 4.69) is 0 Å². The normalized spacial score (nSPS) is 24.7. The Hall–Kier alpha value is -0.660. The number of nitrogens with two attached hydrogens (primary N) is 1. The Bertz CT molecular complexity index is 397. The highest BCUT2D eigenvalue weighted by atomic mass is 32.2. The second-order valence-electron chi connectivity index (χ2n) is 3.95. The Morgan fingerprint density at radius 2 is 2.47 bits per heavy atom. The summed E-state index contributed by atoms with van der Waals surface area (Å²) in [5.74, 6) is -0.286. The fourth-order valence-electron chi connectivity index (χ4n) is 1.92. The first kappa shape index (κ1) is 12.8. The molecule has 5 nitrogen and oxygen atoms in total. The summed E-state index contributed by atoms with van der Waals surface area (Å²) in [6, 6.07) is -0.281. The SMILES string of the molecule is CSCCC(N)C1=C(C(=O)O)N2C(=O)C[C@@H]2S1. The second kappa shape index (κ2) is 4.91. The van der Waals surface area contributed by atoms with Crippen molar-refractivity contribution in [3.63, 3.8) is 0 Å². The van der Waals surface area contributed by atoms with E-state index in [4.69, 9.17) is 5.73 Å². The molecule has 0 spiro atoms. The Kier molecular flexibility index (Phi) is 3.70. The van der Waals surface area contributed by atoms with Gasteiger partial charge in [0, 0.05) is 10.9 Å². The van der Waals surface area contributed by atoms with Crippen LogP contribution in [-0.4, -0.2) is 45.3 Å². The summed E-state index contributed by atoms with van der Waals surface area (Å²) in [7, 11) is 0. The summed E-state index contributed by atoms with van der Waals surface area (Å²) >= 11 is 3.11. The van der Waals surface area contributed by atoms with Gasteiger partial charge in [-0.2, -0.15) is 11.8 Å². The number of β-lactam (4-membered cyclic amide) rings is 1. The van der Waals surface area contributed by atoms with Gasteiger partial charge in [0.2, 0.25) is 5.91 Å². The number of rotatable bonds is 5. The average molecular weight is 274 g/mol. The molecule has 1 fully saturated rings. The van der Waals surface area contributed by atoms with E-state index in [0.717, 1.165) is 12.2 Å². The number of carboxylic acids is 1. The number of carbonyl (C=O) groups excluding carboxylic acids is 1. The van der Waals surface area contributed by atoms with E-state index in [-0.39, 0.29) is 23.0 Å². The van der Waals surface area contributed by atoms with Gasteiger partial charge in [-0.05, 0) is 18.4 Å². The first-order valence-electron chi connectivity index (χ1n) is 5.27. The molecule has 1 saturated heterocycles. The molecular formula is C10H14N2O3S2. The molecule has 0 aromatic heterocycles. The summed E-state index contributed by atoms with van der Waals surface area (Å²) in [4.78, 5) is 24.6. The molecule has 2 aliphatic heterocycles. The van der Waals surface area contributed by atoms with Gasteiger partial charge in [0.15, 0.2) is 0 Å². The molecule has 1 amide bonds. The Morgan fingerprint density at radius 1 is 1.76 bits per heavy atom. The predicted octanol–water partition coefficient (Wildman–Crippen LogP) is 0.668. The number of nitrogens with zero attached hydrogens (tertiary/aromatic N) is 1. The minimum atomic E-state index is -1.05. The minimum absolute atomic E-state index is 0.0380. The van der Waals surface area contributed by atoms with Crippen LogP contribution in [0.3, 0.4) is 0 Å². The van der Waals surface area contributed by atoms with Crippen molar-refractivity contribution in [1.82, 2.24) is 4.90 Å². The number of hydrogen-bond donors (Lipinski definition) is 2. The van der Waals surface area contributed by atoms with Crippen molar-refractivity contribution in [1.29, 1.82) is 0 Å². The molecule has 0 saturated carbocycles. The molecule has 17 heavy (non-hydrogen) atoms.